The molecule has 0 bridgehead atoms. The van der Waals surface area contributed by atoms with Gasteiger partial charge in [0.15, 0.2) is 5.17 Å². The van der Waals surface area contributed by atoms with Crippen molar-refractivity contribution < 1.29 is 9.53 Å². The van der Waals surface area contributed by atoms with Gasteiger partial charge >= 0.3 is 6.09 Å². The molecule has 2 aliphatic rings. The molecule has 0 saturated carbocycles. The molecule has 1 fully saturated rings. The number of nitrogens with zero attached hydrogens (tertiary/aromatic N) is 2. The van der Waals surface area contributed by atoms with Gasteiger partial charge in [0.1, 0.15) is 0 Å². The molecule has 108 valence electrons. The van der Waals surface area contributed by atoms with Gasteiger partial charge in [-0.3, -0.25) is 4.99 Å². The number of rotatable bonds is 3. The molecule has 0 aromatic carbocycles. The highest BCUT2D eigenvalue weighted by molar-refractivity contribution is 8.14. The lowest BCUT2D eigenvalue weighted by atomic mass is 10.1. The third-order valence-electron chi connectivity index (χ3n) is 3.52. The maximum absolute atomic E-state index is 11.6. The largest absolute Gasteiger partial charge is 0.450 e. The summed E-state index contributed by atoms with van der Waals surface area (Å²) in [6, 6.07) is 0.438. The van der Waals surface area contributed by atoms with Crippen LogP contribution in [0, 0.1) is 0 Å². The number of carbonyl (C=O) groups excluding carboxylic acids is 1. The number of hydrogen-bond donors (Lipinski definition) is 1. The molecule has 6 heteroatoms. The number of piperidine rings is 1. The van der Waals surface area contributed by atoms with Gasteiger partial charge in [-0.05, 0) is 26.2 Å². The first-order valence-corrected chi connectivity index (χ1v) is 8.00. The highest BCUT2D eigenvalue weighted by atomic mass is 32.2. The quantitative estimate of drug-likeness (QED) is 0.862. The van der Waals surface area contributed by atoms with Crippen molar-refractivity contribution >= 4 is 23.0 Å². The van der Waals surface area contributed by atoms with E-state index in [-0.39, 0.29) is 6.09 Å². The maximum atomic E-state index is 11.6. The van der Waals surface area contributed by atoms with Crippen LogP contribution in [0.4, 0.5) is 4.79 Å². The lowest BCUT2D eigenvalue weighted by Gasteiger charge is -2.31. The Hall–Kier alpha value is -0.910. The fourth-order valence-electron chi connectivity index (χ4n) is 2.31. The van der Waals surface area contributed by atoms with Crippen LogP contribution in [-0.2, 0) is 4.74 Å². The van der Waals surface area contributed by atoms with Gasteiger partial charge in [0.2, 0.25) is 0 Å². The number of carbonyl (C=O) groups is 1. The molecule has 1 unspecified atom stereocenters. The minimum Gasteiger partial charge on any atom is -0.450 e. The predicted molar refractivity (Wildman–Crippen MR) is 78.7 cm³/mol. The van der Waals surface area contributed by atoms with E-state index in [0.29, 0.717) is 17.9 Å². The SMILES string of the molecule is CCOC(=O)N1CCC(NC2=NCC(CC)S2)CC1. The van der Waals surface area contributed by atoms with Crippen LogP contribution in [-0.4, -0.2) is 53.7 Å². The first-order valence-electron chi connectivity index (χ1n) is 7.12. The minimum absolute atomic E-state index is 0.181. The molecule has 1 N–H and O–H groups in total. The van der Waals surface area contributed by atoms with Gasteiger partial charge < -0.3 is 15.0 Å². The molecule has 0 aromatic rings. The number of nitrogens with one attached hydrogen (secondary N) is 1. The number of aliphatic imine (C=N–C) groups is 1. The summed E-state index contributed by atoms with van der Waals surface area (Å²) in [5.74, 6) is 0. The van der Waals surface area contributed by atoms with Crippen molar-refractivity contribution in [2.45, 2.75) is 44.4 Å². The standard InChI is InChI=1S/C13H23N3O2S/c1-3-11-9-14-12(19-11)15-10-5-7-16(8-6-10)13(17)18-4-2/h10-11H,3-9H2,1-2H3,(H,14,15). The zero-order chi connectivity index (χ0) is 13.7. The highest BCUT2D eigenvalue weighted by Crippen LogP contribution is 2.23. The second-order valence-corrected chi connectivity index (χ2v) is 6.19. The van der Waals surface area contributed by atoms with Gasteiger partial charge in [0.25, 0.3) is 0 Å². The van der Waals surface area contributed by atoms with E-state index in [0.717, 1.165) is 37.6 Å². The summed E-state index contributed by atoms with van der Waals surface area (Å²) in [5.41, 5.74) is 0. The van der Waals surface area contributed by atoms with Crippen molar-refractivity contribution in [2.75, 3.05) is 26.2 Å². The average molecular weight is 285 g/mol. The van der Waals surface area contributed by atoms with Crippen LogP contribution < -0.4 is 5.32 Å². The third kappa shape index (κ3) is 4.03. The zero-order valence-electron chi connectivity index (χ0n) is 11.7. The molecule has 2 rings (SSSR count). The second-order valence-electron chi connectivity index (χ2n) is 4.90. The lowest BCUT2D eigenvalue weighted by molar-refractivity contribution is 0.0964. The van der Waals surface area contributed by atoms with Crippen LogP contribution in [0.3, 0.4) is 0 Å². The van der Waals surface area contributed by atoms with Crippen molar-refractivity contribution in [3.8, 4) is 0 Å². The van der Waals surface area contributed by atoms with E-state index in [2.05, 4.69) is 17.2 Å². The maximum Gasteiger partial charge on any atom is 0.409 e. The highest BCUT2D eigenvalue weighted by Gasteiger charge is 2.26. The minimum atomic E-state index is -0.181. The third-order valence-corrected chi connectivity index (χ3v) is 4.81. The van der Waals surface area contributed by atoms with Gasteiger partial charge in [-0.25, -0.2) is 4.79 Å². The molecule has 5 nitrogen and oxygen atoms in total. The smallest absolute Gasteiger partial charge is 0.409 e. The Balaban J connectivity index is 1.71. The van der Waals surface area contributed by atoms with E-state index in [9.17, 15) is 4.79 Å². The monoisotopic (exact) mass is 285 g/mol. The Morgan fingerprint density at radius 3 is 2.79 bits per heavy atom. The number of amides is 1. The van der Waals surface area contributed by atoms with Crippen LogP contribution in [0.5, 0.6) is 0 Å². The summed E-state index contributed by atoms with van der Waals surface area (Å²) in [7, 11) is 0. The van der Waals surface area contributed by atoms with E-state index in [4.69, 9.17) is 4.74 Å². The molecule has 1 atom stereocenters. The molecule has 0 spiro atoms. The van der Waals surface area contributed by atoms with Crippen molar-refractivity contribution in [3.63, 3.8) is 0 Å². The van der Waals surface area contributed by atoms with Gasteiger partial charge in [0, 0.05) is 24.4 Å². The van der Waals surface area contributed by atoms with E-state index in [1.165, 1.54) is 6.42 Å². The Kier molecular flexibility index (Phi) is 5.36. The average Bonchev–Trinajstić information content (AvgIpc) is 2.87. The molecule has 2 aliphatic heterocycles. The van der Waals surface area contributed by atoms with Crippen LogP contribution in [0.15, 0.2) is 4.99 Å². The number of thioether (sulfide) groups is 1. The molecule has 19 heavy (non-hydrogen) atoms. The van der Waals surface area contributed by atoms with Crippen LogP contribution in [0.1, 0.15) is 33.1 Å². The first kappa shape index (κ1) is 14.5. The summed E-state index contributed by atoms with van der Waals surface area (Å²) in [5, 5.41) is 5.23. The normalized spacial score (nSPS) is 24.2. The molecule has 0 aromatic heterocycles. The van der Waals surface area contributed by atoms with Crippen molar-refractivity contribution in [1.82, 2.24) is 10.2 Å². The van der Waals surface area contributed by atoms with Crippen LogP contribution in [0.2, 0.25) is 0 Å². The fourth-order valence-corrected chi connectivity index (χ4v) is 3.32. The van der Waals surface area contributed by atoms with Crippen molar-refractivity contribution in [1.29, 1.82) is 0 Å². The molecule has 2 heterocycles. The van der Waals surface area contributed by atoms with Gasteiger partial charge in [-0.2, -0.15) is 0 Å². The Morgan fingerprint density at radius 2 is 2.21 bits per heavy atom. The Labute approximate surface area is 119 Å². The molecule has 0 radical (unpaired) electrons. The van der Waals surface area contributed by atoms with E-state index in [1.807, 2.05) is 18.7 Å². The van der Waals surface area contributed by atoms with Gasteiger partial charge in [-0.15, -0.1) is 0 Å². The molecular weight excluding hydrogens is 262 g/mol. The molecule has 0 aliphatic carbocycles. The summed E-state index contributed by atoms with van der Waals surface area (Å²) in [6.07, 6.45) is 2.92. The Morgan fingerprint density at radius 1 is 1.47 bits per heavy atom. The van der Waals surface area contributed by atoms with Crippen LogP contribution in [0.25, 0.3) is 0 Å². The van der Waals surface area contributed by atoms with Crippen molar-refractivity contribution in [2.24, 2.45) is 4.99 Å². The number of hydrogen-bond acceptors (Lipinski definition) is 5. The summed E-state index contributed by atoms with van der Waals surface area (Å²) < 4.78 is 5.02. The molecular formula is C13H23N3O2S. The topological polar surface area (TPSA) is 53.9 Å². The van der Waals surface area contributed by atoms with E-state index >= 15 is 0 Å². The van der Waals surface area contributed by atoms with Crippen LogP contribution >= 0.6 is 11.8 Å². The number of amidine groups is 1. The summed E-state index contributed by atoms with van der Waals surface area (Å²) in [6.45, 7) is 6.96. The molecule has 1 amide bonds. The summed E-state index contributed by atoms with van der Waals surface area (Å²) in [4.78, 5) is 17.9. The van der Waals surface area contributed by atoms with Crippen molar-refractivity contribution in [3.05, 3.63) is 0 Å². The summed E-state index contributed by atoms with van der Waals surface area (Å²) >= 11 is 1.85. The molecule has 1 saturated heterocycles. The zero-order valence-corrected chi connectivity index (χ0v) is 12.5. The number of likely N-dealkylation sites (tertiary alicyclic amines) is 1. The Bertz CT molecular complexity index is 341. The predicted octanol–water partition coefficient (Wildman–Crippen LogP) is 2.08. The number of ether oxygens (including phenoxy) is 1. The second kappa shape index (κ2) is 7.03. The van der Waals surface area contributed by atoms with E-state index in [1.54, 1.807) is 4.90 Å². The van der Waals surface area contributed by atoms with Gasteiger partial charge in [-0.1, -0.05) is 18.7 Å². The van der Waals surface area contributed by atoms with Gasteiger partial charge in [0.05, 0.1) is 13.2 Å². The lowest BCUT2D eigenvalue weighted by Crippen LogP contribution is -2.46. The van der Waals surface area contributed by atoms with E-state index < -0.39 is 0 Å². The first-order chi connectivity index (χ1) is 9.22. The fraction of sp³-hybridized carbons (Fsp3) is 0.846.